The first-order valence-corrected chi connectivity index (χ1v) is 9.22. The van der Waals surface area contributed by atoms with Crippen LogP contribution in [0.15, 0.2) is 47.0 Å². The Bertz CT molecular complexity index is 1000. The summed E-state index contributed by atoms with van der Waals surface area (Å²) >= 11 is 0. The zero-order valence-electron chi connectivity index (χ0n) is 16.3. The molecule has 1 aliphatic rings. The normalized spacial score (nSPS) is 12.1. The van der Waals surface area contributed by atoms with Crippen molar-refractivity contribution in [2.24, 2.45) is 0 Å². The van der Waals surface area contributed by atoms with Crippen molar-refractivity contribution >= 4 is 5.91 Å². The van der Waals surface area contributed by atoms with Gasteiger partial charge in [-0.2, -0.15) is 4.98 Å². The summed E-state index contributed by atoms with van der Waals surface area (Å²) in [5, 5.41) is 3.99. The molecular formula is C21H21N3O5. The molecule has 0 radical (unpaired) electrons. The highest BCUT2D eigenvalue weighted by atomic mass is 16.7. The van der Waals surface area contributed by atoms with E-state index in [9.17, 15) is 4.79 Å². The quantitative estimate of drug-likeness (QED) is 0.608. The van der Waals surface area contributed by atoms with Gasteiger partial charge in [0.1, 0.15) is 5.75 Å². The van der Waals surface area contributed by atoms with Gasteiger partial charge in [0.25, 0.3) is 0 Å². The first-order chi connectivity index (χ1) is 14.1. The van der Waals surface area contributed by atoms with Gasteiger partial charge in [-0.25, -0.2) is 0 Å². The molecule has 1 aliphatic heterocycles. The molecule has 8 heteroatoms. The summed E-state index contributed by atoms with van der Waals surface area (Å²) in [6, 6.07) is 13.1. The van der Waals surface area contributed by atoms with Gasteiger partial charge in [0.15, 0.2) is 11.5 Å². The van der Waals surface area contributed by atoms with Gasteiger partial charge >= 0.3 is 0 Å². The number of aromatic nitrogens is 2. The lowest BCUT2D eigenvalue weighted by Crippen LogP contribution is -2.26. The third-order valence-electron chi connectivity index (χ3n) is 4.68. The predicted octanol–water partition coefficient (Wildman–Crippen LogP) is 3.07. The van der Waals surface area contributed by atoms with E-state index in [2.05, 4.69) is 10.1 Å². The van der Waals surface area contributed by atoms with E-state index in [-0.39, 0.29) is 19.2 Å². The molecule has 0 saturated heterocycles. The first-order valence-electron chi connectivity index (χ1n) is 9.22. The van der Waals surface area contributed by atoms with Crippen molar-refractivity contribution in [2.75, 3.05) is 21.0 Å². The average Bonchev–Trinajstić information content (AvgIpc) is 3.41. The zero-order chi connectivity index (χ0) is 20.2. The maximum Gasteiger partial charge on any atom is 0.246 e. The molecule has 0 saturated carbocycles. The van der Waals surface area contributed by atoms with Crippen LogP contribution in [0.4, 0.5) is 0 Å². The standard InChI is InChI=1S/C21H21N3O5/c1-24(20(25)10-4-14-3-9-17-18(11-14)28-13-27-17)12-19-22-21(23-29-19)15-5-7-16(26-2)8-6-15/h3,5-9,11H,4,10,12-13H2,1-2H3. The fourth-order valence-corrected chi connectivity index (χ4v) is 3.01. The molecule has 2 aromatic carbocycles. The number of amides is 1. The molecule has 0 spiro atoms. The van der Waals surface area contributed by atoms with E-state index >= 15 is 0 Å². The third kappa shape index (κ3) is 4.31. The number of methoxy groups -OCH3 is 1. The first kappa shape index (κ1) is 18.8. The molecule has 1 aromatic heterocycles. The van der Waals surface area contributed by atoms with Gasteiger partial charge in [0.05, 0.1) is 13.7 Å². The molecule has 0 N–H and O–H groups in total. The number of fused-ring (bicyclic) bond motifs is 1. The molecule has 0 fully saturated rings. The minimum atomic E-state index is -0.00753. The van der Waals surface area contributed by atoms with Crippen LogP contribution >= 0.6 is 0 Å². The Hall–Kier alpha value is -3.55. The second-order valence-electron chi connectivity index (χ2n) is 6.68. The molecule has 0 bridgehead atoms. The van der Waals surface area contributed by atoms with Crippen LogP contribution < -0.4 is 14.2 Å². The topological polar surface area (TPSA) is 86.9 Å². The van der Waals surface area contributed by atoms with E-state index in [4.69, 9.17) is 18.7 Å². The maximum atomic E-state index is 12.5. The number of carbonyl (C=O) groups is 1. The minimum Gasteiger partial charge on any atom is -0.497 e. The van der Waals surface area contributed by atoms with Crippen LogP contribution in [-0.2, 0) is 17.8 Å². The van der Waals surface area contributed by atoms with Gasteiger partial charge in [-0.05, 0) is 48.4 Å². The van der Waals surface area contributed by atoms with E-state index in [1.54, 1.807) is 19.1 Å². The number of rotatable bonds is 7. The molecule has 3 aromatic rings. The smallest absolute Gasteiger partial charge is 0.246 e. The minimum absolute atomic E-state index is 0.00753. The molecule has 29 heavy (non-hydrogen) atoms. The summed E-state index contributed by atoms with van der Waals surface area (Å²) in [5.41, 5.74) is 1.84. The van der Waals surface area contributed by atoms with Crippen LogP contribution in [0.1, 0.15) is 17.9 Å². The fourth-order valence-electron chi connectivity index (χ4n) is 3.01. The number of hydrogen-bond acceptors (Lipinski definition) is 7. The van der Waals surface area contributed by atoms with Crippen LogP contribution in [0.25, 0.3) is 11.4 Å². The highest BCUT2D eigenvalue weighted by Gasteiger charge is 2.17. The number of benzene rings is 2. The lowest BCUT2D eigenvalue weighted by atomic mass is 10.1. The monoisotopic (exact) mass is 395 g/mol. The number of nitrogens with zero attached hydrogens (tertiary/aromatic N) is 3. The molecule has 0 atom stereocenters. The lowest BCUT2D eigenvalue weighted by molar-refractivity contribution is -0.130. The summed E-state index contributed by atoms with van der Waals surface area (Å²) in [7, 11) is 3.33. The van der Waals surface area contributed by atoms with Gasteiger partial charge in [-0.3, -0.25) is 4.79 Å². The highest BCUT2D eigenvalue weighted by molar-refractivity contribution is 5.76. The SMILES string of the molecule is COc1ccc(-c2noc(CN(C)C(=O)CCc3ccc4c(c3)OCO4)n2)cc1. The molecule has 2 heterocycles. The zero-order valence-corrected chi connectivity index (χ0v) is 16.3. The summed E-state index contributed by atoms with van der Waals surface area (Å²) < 4.78 is 21.1. The van der Waals surface area contributed by atoms with Crippen molar-refractivity contribution in [3.8, 4) is 28.6 Å². The third-order valence-corrected chi connectivity index (χ3v) is 4.68. The van der Waals surface area contributed by atoms with Gasteiger partial charge in [0, 0.05) is 19.0 Å². The molecule has 0 unspecified atom stereocenters. The summed E-state index contributed by atoms with van der Waals surface area (Å²) in [5.74, 6) is 3.07. The Morgan fingerprint density at radius 2 is 1.93 bits per heavy atom. The number of hydrogen-bond donors (Lipinski definition) is 0. The van der Waals surface area contributed by atoms with Gasteiger partial charge in [-0.1, -0.05) is 11.2 Å². The van der Waals surface area contributed by atoms with Crippen molar-refractivity contribution in [1.82, 2.24) is 15.0 Å². The van der Waals surface area contributed by atoms with Crippen LogP contribution in [0.3, 0.4) is 0 Å². The molecule has 150 valence electrons. The number of carbonyl (C=O) groups excluding carboxylic acids is 1. The van der Waals surface area contributed by atoms with E-state index in [0.717, 1.165) is 28.4 Å². The largest absolute Gasteiger partial charge is 0.497 e. The second-order valence-corrected chi connectivity index (χ2v) is 6.68. The summed E-state index contributed by atoms with van der Waals surface area (Å²) in [6.45, 7) is 0.492. The predicted molar refractivity (Wildman–Crippen MR) is 104 cm³/mol. The van der Waals surface area contributed by atoms with Crippen molar-refractivity contribution in [3.05, 3.63) is 53.9 Å². The molecule has 1 amide bonds. The fraction of sp³-hybridized carbons (Fsp3) is 0.286. The van der Waals surface area contributed by atoms with Crippen LogP contribution in [0.2, 0.25) is 0 Å². The second kappa shape index (κ2) is 8.22. The molecule has 4 rings (SSSR count). The van der Waals surface area contributed by atoms with Gasteiger partial charge < -0.3 is 23.6 Å². The van der Waals surface area contributed by atoms with Crippen molar-refractivity contribution in [3.63, 3.8) is 0 Å². The van der Waals surface area contributed by atoms with Crippen LogP contribution in [0, 0.1) is 0 Å². The lowest BCUT2D eigenvalue weighted by Gasteiger charge is -2.14. The maximum absolute atomic E-state index is 12.5. The van der Waals surface area contributed by atoms with Crippen molar-refractivity contribution < 1.29 is 23.5 Å². The van der Waals surface area contributed by atoms with Crippen LogP contribution in [-0.4, -0.2) is 41.9 Å². The van der Waals surface area contributed by atoms with E-state index in [1.165, 1.54) is 0 Å². The summed E-state index contributed by atoms with van der Waals surface area (Å²) in [4.78, 5) is 18.4. The summed E-state index contributed by atoms with van der Waals surface area (Å²) in [6.07, 6.45) is 0.983. The Morgan fingerprint density at radius 1 is 1.14 bits per heavy atom. The van der Waals surface area contributed by atoms with Crippen LogP contribution in [0.5, 0.6) is 17.2 Å². The van der Waals surface area contributed by atoms with Crippen molar-refractivity contribution in [1.29, 1.82) is 0 Å². The average molecular weight is 395 g/mol. The van der Waals surface area contributed by atoms with E-state index in [1.807, 2.05) is 42.5 Å². The molecule has 0 aliphatic carbocycles. The van der Waals surface area contributed by atoms with E-state index < -0.39 is 0 Å². The molecule has 8 nitrogen and oxygen atoms in total. The van der Waals surface area contributed by atoms with Gasteiger partial charge in [-0.15, -0.1) is 0 Å². The van der Waals surface area contributed by atoms with E-state index in [0.29, 0.717) is 24.6 Å². The molecular weight excluding hydrogens is 374 g/mol. The number of ether oxygens (including phenoxy) is 3. The Morgan fingerprint density at radius 3 is 2.72 bits per heavy atom. The Kier molecular flexibility index (Phi) is 5.33. The Labute approximate surface area is 168 Å². The highest BCUT2D eigenvalue weighted by Crippen LogP contribution is 2.32. The Balaban J connectivity index is 1.32. The van der Waals surface area contributed by atoms with Crippen molar-refractivity contribution in [2.45, 2.75) is 19.4 Å². The van der Waals surface area contributed by atoms with Gasteiger partial charge in [0.2, 0.25) is 24.4 Å². The number of aryl methyl sites for hydroxylation is 1.